The first kappa shape index (κ1) is 24.5. The van der Waals surface area contributed by atoms with Gasteiger partial charge in [0, 0.05) is 5.56 Å². The predicted molar refractivity (Wildman–Crippen MR) is 134 cm³/mol. The molecule has 0 radical (unpaired) electrons. The Morgan fingerprint density at radius 1 is 1.21 bits per heavy atom. The van der Waals surface area contributed by atoms with Gasteiger partial charge < -0.3 is 20.2 Å². The van der Waals surface area contributed by atoms with Gasteiger partial charge in [-0.2, -0.15) is 0 Å². The van der Waals surface area contributed by atoms with Crippen molar-refractivity contribution in [1.29, 1.82) is 0 Å². The van der Waals surface area contributed by atoms with E-state index in [9.17, 15) is 4.79 Å². The predicted octanol–water partition coefficient (Wildman–Crippen LogP) is 4.10. The lowest BCUT2D eigenvalue weighted by Gasteiger charge is -2.40. The normalized spacial score (nSPS) is 23.4. The molecule has 1 aliphatic heterocycles. The molecule has 1 aliphatic rings. The minimum atomic E-state index is -2.13. The molecule has 182 valence electrons. The van der Waals surface area contributed by atoms with Gasteiger partial charge in [-0.1, -0.05) is 45.9 Å². The van der Waals surface area contributed by atoms with Gasteiger partial charge >= 0.3 is 0 Å². The van der Waals surface area contributed by atoms with Gasteiger partial charge in [0.05, 0.1) is 18.5 Å². The zero-order valence-corrected chi connectivity index (χ0v) is 21.6. The lowest BCUT2D eigenvalue weighted by Crippen LogP contribution is -2.51. The van der Waals surface area contributed by atoms with Crippen LogP contribution in [0.2, 0.25) is 18.1 Å². The molecular weight excluding hydrogens is 448 g/mol. The van der Waals surface area contributed by atoms with Gasteiger partial charge in [0.1, 0.15) is 12.4 Å². The van der Waals surface area contributed by atoms with Gasteiger partial charge in [-0.25, -0.2) is 15.0 Å². The molecule has 3 aromatic rings. The van der Waals surface area contributed by atoms with Gasteiger partial charge in [-0.3, -0.25) is 9.36 Å². The summed E-state index contributed by atoms with van der Waals surface area (Å²) in [7, 11) is -2.13. The highest BCUT2D eigenvalue weighted by Crippen LogP contribution is 2.42. The molecule has 34 heavy (non-hydrogen) atoms. The van der Waals surface area contributed by atoms with Crippen molar-refractivity contribution in [2.75, 3.05) is 5.32 Å². The molecule has 10 heteroatoms. The van der Waals surface area contributed by atoms with Gasteiger partial charge in [-0.05, 0) is 36.7 Å². The highest BCUT2D eigenvalue weighted by Gasteiger charge is 2.49. The lowest BCUT2D eigenvalue weighted by molar-refractivity contribution is -0.0321. The van der Waals surface area contributed by atoms with E-state index < -0.39 is 14.5 Å². The van der Waals surface area contributed by atoms with Crippen LogP contribution in [-0.2, 0) is 9.16 Å². The van der Waals surface area contributed by atoms with Crippen LogP contribution in [0.5, 0.6) is 0 Å². The van der Waals surface area contributed by atoms with Crippen LogP contribution in [0.3, 0.4) is 0 Å². The fourth-order valence-corrected chi connectivity index (χ4v) is 5.20. The van der Waals surface area contributed by atoms with Crippen LogP contribution in [0.4, 0.5) is 5.82 Å². The summed E-state index contributed by atoms with van der Waals surface area (Å²) in [6, 6.07) is 8.70. The maximum absolute atomic E-state index is 12.7. The van der Waals surface area contributed by atoms with Gasteiger partial charge in [0.2, 0.25) is 0 Å². The van der Waals surface area contributed by atoms with E-state index in [1.165, 1.54) is 6.33 Å². The van der Waals surface area contributed by atoms with E-state index in [4.69, 9.17) is 14.9 Å². The Kier molecular flexibility index (Phi) is 6.60. The molecule has 1 amide bonds. The minimum absolute atomic E-state index is 0.0234. The second kappa shape index (κ2) is 9.18. The zero-order chi connectivity index (χ0) is 24.7. The van der Waals surface area contributed by atoms with Gasteiger partial charge in [-0.15, -0.1) is 0 Å². The quantitative estimate of drug-likeness (QED) is 0.508. The molecule has 2 aromatic heterocycles. The van der Waals surface area contributed by atoms with E-state index in [2.05, 4.69) is 61.1 Å². The van der Waals surface area contributed by atoms with Crippen molar-refractivity contribution >= 4 is 31.2 Å². The third-order valence-electron chi connectivity index (χ3n) is 6.94. The Labute approximate surface area is 201 Å². The number of rotatable bonds is 6. The molecule has 3 N–H and O–H groups in total. The summed E-state index contributed by atoms with van der Waals surface area (Å²) in [5.41, 5.74) is 8.20. The minimum Gasteiger partial charge on any atom is -0.408 e. The summed E-state index contributed by atoms with van der Waals surface area (Å²) in [5.74, 6) is 0.0771. The van der Waals surface area contributed by atoms with Crippen LogP contribution in [0, 0.1) is 0 Å². The molecule has 1 fully saturated rings. The van der Waals surface area contributed by atoms with Crippen molar-refractivity contribution in [2.45, 2.75) is 76.7 Å². The number of imidazole rings is 1. The number of ether oxygens (including phenoxy) is 1. The number of amides is 1. The molecule has 1 aromatic carbocycles. The first-order valence-corrected chi connectivity index (χ1v) is 14.6. The number of nitrogens with zero attached hydrogens (tertiary/aromatic N) is 4. The molecule has 4 atom stereocenters. The molecule has 0 spiro atoms. The molecule has 0 aliphatic carbocycles. The highest BCUT2D eigenvalue weighted by atomic mass is 28.4. The molecule has 0 unspecified atom stereocenters. The Morgan fingerprint density at radius 2 is 1.91 bits per heavy atom. The smallest absolute Gasteiger partial charge is 0.256 e. The molecule has 4 rings (SSSR count). The number of carbonyl (C=O) groups excluding carboxylic acids is 1. The van der Waals surface area contributed by atoms with Crippen LogP contribution in [0.1, 0.15) is 50.7 Å². The van der Waals surface area contributed by atoms with Crippen LogP contribution in [0.25, 0.3) is 11.2 Å². The number of carbonyl (C=O) groups is 1. The van der Waals surface area contributed by atoms with Crippen LogP contribution < -0.4 is 11.1 Å². The van der Waals surface area contributed by atoms with Crippen molar-refractivity contribution < 1.29 is 14.0 Å². The molecule has 9 nitrogen and oxygen atoms in total. The Hall–Kier alpha value is -2.66. The number of nitrogens with one attached hydrogen (secondary N) is 1. The maximum Gasteiger partial charge on any atom is 0.256 e. The molecule has 0 saturated carbocycles. The van der Waals surface area contributed by atoms with Crippen LogP contribution >= 0.6 is 0 Å². The second-order valence-electron chi connectivity index (χ2n) is 10.3. The van der Waals surface area contributed by atoms with Crippen LogP contribution in [-0.4, -0.2) is 52.0 Å². The summed E-state index contributed by atoms with van der Waals surface area (Å²) in [5, 5.41) is 2.87. The van der Waals surface area contributed by atoms with Crippen molar-refractivity contribution in [3.8, 4) is 0 Å². The number of fused-ring (bicyclic) bond motifs is 1. The van der Waals surface area contributed by atoms with E-state index in [1.54, 1.807) is 18.5 Å². The summed E-state index contributed by atoms with van der Waals surface area (Å²) in [6.07, 6.45) is 2.88. The first-order chi connectivity index (χ1) is 16.0. The number of anilines is 1. The summed E-state index contributed by atoms with van der Waals surface area (Å²) in [6.45, 7) is 13.1. The largest absolute Gasteiger partial charge is 0.408 e. The Morgan fingerprint density at radius 3 is 2.56 bits per heavy atom. The topological polar surface area (TPSA) is 117 Å². The van der Waals surface area contributed by atoms with Gasteiger partial charge in [0.15, 0.2) is 31.5 Å². The number of nitrogens with two attached hydrogens (primary N) is 1. The second-order valence-corrected chi connectivity index (χ2v) is 15.0. The monoisotopic (exact) mass is 482 g/mol. The van der Waals surface area contributed by atoms with E-state index in [-0.39, 0.29) is 29.2 Å². The SMILES string of the molecule is CC[C@H]1O[C@@H](n2cnc3c(NC(=O)c4ccccc4)ncnc32)[C@H](O[Si](C)(C)C(C)(C)C)[C@@H]1N. The first-order valence-electron chi connectivity index (χ1n) is 11.7. The Balaban J connectivity index is 1.68. The number of hydrogen-bond donors (Lipinski definition) is 2. The molecular formula is C24H34N6O3Si. The number of aromatic nitrogens is 4. The molecule has 0 bridgehead atoms. The van der Waals surface area contributed by atoms with Gasteiger partial charge in [0.25, 0.3) is 5.91 Å². The zero-order valence-electron chi connectivity index (χ0n) is 20.6. The van der Waals surface area contributed by atoms with E-state index in [1.807, 2.05) is 22.8 Å². The van der Waals surface area contributed by atoms with Crippen molar-refractivity contribution in [3.05, 3.63) is 48.5 Å². The van der Waals surface area contributed by atoms with Crippen molar-refractivity contribution in [3.63, 3.8) is 0 Å². The molecule has 1 saturated heterocycles. The number of benzene rings is 1. The standard InChI is InChI=1S/C24H34N6O3Si/c1-7-16-17(25)19(33-34(5,6)24(2,3)4)23(32-16)30-14-28-18-20(26-13-27-21(18)30)29-22(31)15-11-9-8-10-12-15/h8-14,16-17,19,23H,7,25H2,1-6H3,(H,26,27,29,31)/t16-,17-,19-,23-/m1/s1. The number of hydrogen-bond acceptors (Lipinski definition) is 7. The third-order valence-corrected chi connectivity index (χ3v) is 11.4. The van der Waals surface area contributed by atoms with E-state index >= 15 is 0 Å². The fourth-order valence-electron chi connectivity index (χ4n) is 3.89. The summed E-state index contributed by atoms with van der Waals surface area (Å²) >= 11 is 0. The average Bonchev–Trinajstić information content (AvgIpc) is 3.35. The highest BCUT2D eigenvalue weighted by molar-refractivity contribution is 6.74. The lowest BCUT2D eigenvalue weighted by atomic mass is 10.1. The fraction of sp³-hybridized carbons (Fsp3) is 0.500. The third kappa shape index (κ3) is 4.50. The maximum atomic E-state index is 12.7. The van der Waals surface area contributed by atoms with Crippen molar-refractivity contribution in [1.82, 2.24) is 19.5 Å². The average molecular weight is 483 g/mol. The molecule has 3 heterocycles. The summed E-state index contributed by atoms with van der Waals surface area (Å²) in [4.78, 5) is 25.9. The van der Waals surface area contributed by atoms with Crippen LogP contribution in [0.15, 0.2) is 43.0 Å². The van der Waals surface area contributed by atoms with E-state index in [0.717, 1.165) is 6.42 Å². The summed E-state index contributed by atoms with van der Waals surface area (Å²) < 4.78 is 15.0. The Bertz CT molecular complexity index is 1160. The van der Waals surface area contributed by atoms with E-state index in [0.29, 0.717) is 22.5 Å². The van der Waals surface area contributed by atoms with Crippen molar-refractivity contribution in [2.24, 2.45) is 5.73 Å².